The lowest BCUT2D eigenvalue weighted by Gasteiger charge is -2.03. The summed E-state index contributed by atoms with van der Waals surface area (Å²) in [7, 11) is 0. The van der Waals surface area contributed by atoms with Gasteiger partial charge in [0, 0.05) is 5.56 Å². The van der Waals surface area contributed by atoms with E-state index in [9.17, 15) is 9.59 Å². The molecule has 0 aliphatic carbocycles. The van der Waals surface area contributed by atoms with Crippen molar-refractivity contribution in [3.8, 4) is 10.6 Å². The molecule has 19 heavy (non-hydrogen) atoms. The second-order valence-electron chi connectivity index (χ2n) is 3.89. The molecule has 1 heterocycles. The van der Waals surface area contributed by atoms with Gasteiger partial charge in [0.25, 0.3) is 0 Å². The first kappa shape index (κ1) is 13.4. The number of carbonyl (C=O) groups is 2. The molecular formula is C14H13NO3S. The molecule has 1 aromatic heterocycles. The molecule has 0 atom stereocenters. The van der Waals surface area contributed by atoms with Crippen LogP contribution >= 0.6 is 11.3 Å². The molecule has 0 amide bonds. The molecule has 0 saturated carbocycles. The molecule has 0 N–H and O–H groups in total. The van der Waals surface area contributed by atoms with Crippen LogP contribution in [0.15, 0.2) is 24.3 Å². The zero-order valence-electron chi connectivity index (χ0n) is 10.7. The van der Waals surface area contributed by atoms with E-state index in [1.165, 1.54) is 11.3 Å². The minimum atomic E-state index is -0.353. The summed E-state index contributed by atoms with van der Waals surface area (Å²) in [5.74, 6) is -0.353. The number of aromatic nitrogens is 1. The Kier molecular flexibility index (Phi) is 4.06. The van der Waals surface area contributed by atoms with Crippen LogP contribution in [0.1, 0.15) is 32.6 Å². The lowest BCUT2D eigenvalue weighted by molar-refractivity contribution is 0.0526. The molecule has 5 heteroatoms. The van der Waals surface area contributed by atoms with Crippen molar-refractivity contribution in [3.63, 3.8) is 0 Å². The van der Waals surface area contributed by atoms with Crippen LogP contribution in [0.25, 0.3) is 10.6 Å². The lowest BCUT2D eigenvalue weighted by atomic mass is 10.1. The zero-order valence-corrected chi connectivity index (χ0v) is 11.5. The monoisotopic (exact) mass is 275 g/mol. The average Bonchev–Trinajstić information content (AvgIpc) is 2.80. The molecule has 98 valence electrons. The molecule has 1 aromatic carbocycles. The van der Waals surface area contributed by atoms with Gasteiger partial charge in [-0.05, 0) is 26.0 Å². The summed E-state index contributed by atoms with van der Waals surface area (Å²) < 4.78 is 4.96. The van der Waals surface area contributed by atoms with E-state index in [-0.39, 0.29) is 5.97 Å². The highest BCUT2D eigenvalue weighted by Gasteiger charge is 2.11. The Balaban J connectivity index is 2.37. The van der Waals surface area contributed by atoms with Crippen LogP contribution in [0.3, 0.4) is 0 Å². The van der Waals surface area contributed by atoms with E-state index in [2.05, 4.69) is 4.98 Å². The first-order chi connectivity index (χ1) is 9.15. The van der Waals surface area contributed by atoms with Gasteiger partial charge in [0.15, 0.2) is 6.29 Å². The number of ether oxygens (including phenoxy) is 1. The van der Waals surface area contributed by atoms with Gasteiger partial charge < -0.3 is 4.74 Å². The van der Waals surface area contributed by atoms with Gasteiger partial charge in [0.1, 0.15) is 5.01 Å². The molecule has 0 saturated heterocycles. The van der Waals surface area contributed by atoms with Crippen molar-refractivity contribution < 1.29 is 14.3 Å². The van der Waals surface area contributed by atoms with E-state index in [1.807, 2.05) is 6.07 Å². The summed E-state index contributed by atoms with van der Waals surface area (Å²) in [5.41, 5.74) is 2.00. The standard InChI is InChI=1S/C14H13NO3S/c1-3-18-14(17)11-6-4-5-10(7-11)13-15-9(2)12(8-16)19-13/h4-8H,3H2,1-2H3. The van der Waals surface area contributed by atoms with Crippen LogP contribution in [-0.4, -0.2) is 23.8 Å². The SMILES string of the molecule is CCOC(=O)c1cccc(-c2nc(C)c(C=O)s2)c1. The zero-order chi connectivity index (χ0) is 13.8. The quantitative estimate of drug-likeness (QED) is 0.635. The van der Waals surface area contributed by atoms with Crippen LogP contribution in [0, 0.1) is 6.92 Å². The largest absolute Gasteiger partial charge is 0.462 e. The Bertz CT molecular complexity index is 619. The Labute approximate surface area is 115 Å². The fraction of sp³-hybridized carbons (Fsp3) is 0.214. The van der Waals surface area contributed by atoms with Crippen molar-refractivity contribution in [3.05, 3.63) is 40.4 Å². The molecule has 0 aliphatic heterocycles. The van der Waals surface area contributed by atoms with Gasteiger partial charge in [-0.15, -0.1) is 11.3 Å². The van der Waals surface area contributed by atoms with Gasteiger partial charge in [0.05, 0.1) is 22.7 Å². The number of nitrogens with zero attached hydrogens (tertiary/aromatic N) is 1. The van der Waals surface area contributed by atoms with Gasteiger partial charge in [-0.3, -0.25) is 4.79 Å². The second kappa shape index (κ2) is 5.75. The predicted molar refractivity (Wildman–Crippen MR) is 73.6 cm³/mol. The maximum atomic E-state index is 11.7. The number of benzene rings is 1. The van der Waals surface area contributed by atoms with Crippen LogP contribution in [0.5, 0.6) is 0 Å². The summed E-state index contributed by atoms with van der Waals surface area (Å²) >= 11 is 1.32. The normalized spacial score (nSPS) is 10.2. The topological polar surface area (TPSA) is 56.3 Å². The molecule has 0 radical (unpaired) electrons. The van der Waals surface area contributed by atoms with Gasteiger partial charge in [-0.2, -0.15) is 0 Å². The van der Waals surface area contributed by atoms with Gasteiger partial charge in [-0.25, -0.2) is 9.78 Å². The summed E-state index contributed by atoms with van der Waals surface area (Å²) in [6.07, 6.45) is 0.797. The third-order valence-electron chi connectivity index (χ3n) is 2.56. The van der Waals surface area contributed by atoms with Crippen molar-refractivity contribution in [1.82, 2.24) is 4.98 Å². The number of rotatable bonds is 4. The summed E-state index contributed by atoms with van der Waals surface area (Å²) in [5, 5.41) is 0.728. The van der Waals surface area contributed by atoms with E-state index >= 15 is 0 Å². The van der Waals surface area contributed by atoms with E-state index in [1.54, 1.807) is 32.0 Å². The van der Waals surface area contributed by atoms with Crippen LogP contribution in [0.2, 0.25) is 0 Å². The Hall–Kier alpha value is -2.01. The van der Waals surface area contributed by atoms with Gasteiger partial charge in [0.2, 0.25) is 0 Å². The van der Waals surface area contributed by atoms with Crippen LogP contribution < -0.4 is 0 Å². The molecule has 0 aliphatic rings. The number of hydrogen-bond donors (Lipinski definition) is 0. The highest BCUT2D eigenvalue weighted by Crippen LogP contribution is 2.27. The number of hydrogen-bond acceptors (Lipinski definition) is 5. The number of aryl methyl sites for hydroxylation is 1. The van der Waals surface area contributed by atoms with Crippen LogP contribution in [-0.2, 0) is 4.74 Å². The molecule has 0 spiro atoms. The third-order valence-corrected chi connectivity index (χ3v) is 3.69. The summed E-state index contributed by atoms with van der Waals surface area (Å²) in [6.45, 7) is 3.90. The minimum Gasteiger partial charge on any atom is -0.462 e. The van der Waals surface area contributed by atoms with Gasteiger partial charge in [-0.1, -0.05) is 12.1 Å². The minimum absolute atomic E-state index is 0.342. The molecule has 0 bridgehead atoms. The molecule has 0 unspecified atom stereocenters. The highest BCUT2D eigenvalue weighted by molar-refractivity contribution is 7.16. The molecule has 2 rings (SSSR count). The van der Waals surface area contributed by atoms with E-state index in [0.29, 0.717) is 22.7 Å². The second-order valence-corrected chi connectivity index (χ2v) is 4.92. The van der Waals surface area contributed by atoms with Gasteiger partial charge >= 0.3 is 5.97 Å². The number of aldehydes is 1. The molecule has 2 aromatic rings. The smallest absolute Gasteiger partial charge is 0.338 e. The molecular weight excluding hydrogens is 262 g/mol. The first-order valence-corrected chi connectivity index (χ1v) is 6.67. The number of carbonyl (C=O) groups excluding carboxylic acids is 2. The van der Waals surface area contributed by atoms with E-state index in [0.717, 1.165) is 16.9 Å². The Morgan fingerprint density at radius 3 is 2.89 bits per heavy atom. The van der Waals surface area contributed by atoms with Crippen molar-refractivity contribution in [2.24, 2.45) is 0 Å². The average molecular weight is 275 g/mol. The predicted octanol–water partition coefficient (Wildman–Crippen LogP) is 3.11. The Morgan fingerprint density at radius 2 is 2.26 bits per heavy atom. The maximum absolute atomic E-state index is 11.7. The van der Waals surface area contributed by atoms with E-state index in [4.69, 9.17) is 4.74 Å². The van der Waals surface area contributed by atoms with Crippen molar-refractivity contribution >= 4 is 23.6 Å². The lowest BCUT2D eigenvalue weighted by Crippen LogP contribution is -2.04. The van der Waals surface area contributed by atoms with Crippen molar-refractivity contribution in [2.45, 2.75) is 13.8 Å². The van der Waals surface area contributed by atoms with Crippen molar-refractivity contribution in [2.75, 3.05) is 6.61 Å². The summed E-state index contributed by atoms with van der Waals surface area (Å²) in [4.78, 5) is 27.4. The molecule has 4 nitrogen and oxygen atoms in total. The molecule has 0 fully saturated rings. The van der Waals surface area contributed by atoms with Crippen molar-refractivity contribution in [1.29, 1.82) is 0 Å². The fourth-order valence-electron chi connectivity index (χ4n) is 1.63. The Morgan fingerprint density at radius 1 is 1.47 bits per heavy atom. The number of esters is 1. The fourth-order valence-corrected chi connectivity index (χ4v) is 2.51. The summed E-state index contributed by atoms with van der Waals surface area (Å²) in [6, 6.07) is 7.06. The highest BCUT2D eigenvalue weighted by atomic mass is 32.1. The first-order valence-electron chi connectivity index (χ1n) is 5.86. The van der Waals surface area contributed by atoms with E-state index < -0.39 is 0 Å². The number of thiazole rings is 1. The third kappa shape index (κ3) is 2.88. The maximum Gasteiger partial charge on any atom is 0.338 e. The van der Waals surface area contributed by atoms with Crippen LogP contribution in [0.4, 0.5) is 0 Å².